The quantitative estimate of drug-likeness (QED) is 0.838. The van der Waals surface area contributed by atoms with Crippen LogP contribution in [-0.2, 0) is 4.79 Å². The van der Waals surface area contributed by atoms with Gasteiger partial charge >= 0.3 is 0 Å². The monoisotopic (exact) mass is 284 g/mol. The fraction of sp³-hybridized carbons (Fsp3) is 0.933. The second kappa shape index (κ2) is 6.49. The lowest BCUT2D eigenvalue weighted by atomic mass is 9.74. The van der Waals surface area contributed by atoms with Gasteiger partial charge in [0.05, 0.1) is 5.92 Å². The van der Waals surface area contributed by atoms with E-state index in [0.717, 1.165) is 43.8 Å². The van der Waals surface area contributed by atoms with Crippen LogP contribution in [0.1, 0.15) is 58.3 Å². The van der Waals surface area contributed by atoms with E-state index in [4.69, 9.17) is 5.73 Å². The van der Waals surface area contributed by atoms with Crippen molar-refractivity contribution in [3.05, 3.63) is 0 Å². The van der Waals surface area contributed by atoms with E-state index in [2.05, 4.69) is 11.6 Å². The molecule has 2 aliphatic rings. The predicted molar refractivity (Wildman–Crippen MR) is 82.3 cm³/mol. The summed E-state index contributed by atoms with van der Waals surface area (Å²) in [5, 5.41) is 3.99. The van der Waals surface area contributed by atoms with Gasteiger partial charge in [-0.3, -0.25) is 4.79 Å². The molecule has 110 valence electrons. The first-order valence-corrected chi connectivity index (χ1v) is 8.94. The largest absolute Gasteiger partial charge is 0.353 e. The van der Waals surface area contributed by atoms with Crippen LogP contribution in [0.4, 0.5) is 0 Å². The molecule has 4 heteroatoms. The molecule has 3 N–H and O–H groups in total. The van der Waals surface area contributed by atoms with Gasteiger partial charge in [0.2, 0.25) is 5.91 Å². The predicted octanol–water partition coefficient (Wildman–Crippen LogP) is 2.68. The lowest BCUT2D eigenvalue weighted by Crippen LogP contribution is -2.54. The Balaban J connectivity index is 1.89. The van der Waals surface area contributed by atoms with Crippen molar-refractivity contribution in [3.8, 4) is 0 Å². The fourth-order valence-corrected chi connectivity index (χ4v) is 4.41. The molecule has 2 aliphatic carbocycles. The normalized spacial score (nSPS) is 39.8. The lowest BCUT2D eigenvalue weighted by molar-refractivity contribution is -0.129. The number of hydrogen-bond donors (Lipinski definition) is 2. The van der Waals surface area contributed by atoms with E-state index in [-0.39, 0.29) is 17.4 Å². The van der Waals surface area contributed by atoms with E-state index in [9.17, 15) is 4.79 Å². The zero-order valence-electron chi connectivity index (χ0n) is 12.3. The van der Waals surface area contributed by atoms with Gasteiger partial charge in [-0.1, -0.05) is 19.3 Å². The third-order valence-corrected chi connectivity index (χ3v) is 5.97. The van der Waals surface area contributed by atoms with E-state index in [1.807, 2.05) is 18.7 Å². The van der Waals surface area contributed by atoms with Crippen LogP contribution in [-0.4, -0.2) is 29.0 Å². The minimum Gasteiger partial charge on any atom is -0.353 e. The Bertz CT molecular complexity index is 319. The van der Waals surface area contributed by atoms with Crippen LogP contribution in [0, 0.1) is 5.92 Å². The summed E-state index contributed by atoms with van der Waals surface area (Å²) in [6.07, 6.45) is 11.2. The van der Waals surface area contributed by atoms with Gasteiger partial charge in [0.25, 0.3) is 0 Å². The highest BCUT2D eigenvalue weighted by atomic mass is 32.2. The van der Waals surface area contributed by atoms with Crippen molar-refractivity contribution in [2.75, 3.05) is 6.26 Å². The van der Waals surface area contributed by atoms with Crippen molar-refractivity contribution in [2.45, 2.75) is 75.1 Å². The number of nitrogens with one attached hydrogen (secondary N) is 1. The molecule has 0 bridgehead atoms. The Labute approximate surface area is 121 Å². The van der Waals surface area contributed by atoms with Gasteiger partial charge in [0.15, 0.2) is 0 Å². The minimum atomic E-state index is -0.310. The molecule has 4 atom stereocenters. The smallest absolute Gasteiger partial charge is 0.225 e. The topological polar surface area (TPSA) is 55.1 Å². The molecule has 2 saturated carbocycles. The van der Waals surface area contributed by atoms with E-state index >= 15 is 0 Å². The van der Waals surface area contributed by atoms with Gasteiger partial charge in [-0.05, 0) is 45.3 Å². The maximum absolute atomic E-state index is 12.5. The molecule has 0 aromatic carbocycles. The second-order valence-electron chi connectivity index (χ2n) is 6.53. The number of amides is 1. The molecule has 0 spiro atoms. The Morgan fingerprint density at radius 2 is 2.05 bits per heavy atom. The van der Waals surface area contributed by atoms with Crippen molar-refractivity contribution in [2.24, 2.45) is 11.7 Å². The molecule has 2 fully saturated rings. The van der Waals surface area contributed by atoms with E-state index < -0.39 is 0 Å². The highest BCUT2D eigenvalue weighted by Gasteiger charge is 2.38. The number of hydrogen-bond acceptors (Lipinski definition) is 3. The Kier molecular flexibility index (Phi) is 5.18. The van der Waals surface area contributed by atoms with Crippen LogP contribution in [0.15, 0.2) is 0 Å². The zero-order valence-corrected chi connectivity index (χ0v) is 13.1. The molecule has 4 unspecified atom stereocenters. The SMILES string of the molecule is CSC1CCCC(NC(=O)C2CCCCC2(C)N)C1. The fourth-order valence-electron chi connectivity index (χ4n) is 3.58. The van der Waals surface area contributed by atoms with Gasteiger partial charge in [-0.25, -0.2) is 0 Å². The van der Waals surface area contributed by atoms with Gasteiger partial charge in [-0.15, -0.1) is 0 Å². The van der Waals surface area contributed by atoms with Crippen LogP contribution in [0.5, 0.6) is 0 Å². The Hall–Kier alpha value is -0.220. The first-order valence-electron chi connectivity index (χ1n) is 7.65. The van der Waals surface area contributed by atoms with E-state index in [0.29, 0.717) is 6.04 Å². The Morgan fingerprint density at radius 1 is 1.26 bits per heavy atom. The molecule has 0 aliphatic heterocycles. The van der Waals surface area contributed by atoms with Gasteiger partial charge in [0.1, 0.15) is 0 Å². The third-order valence-electron chi connectivity index (χ3n) is 4.88. The van der Waals surface area contributed by atoms with Crippen LogP contribution >= 0.6 is 11.8 Å². The maximum atomic E-state index is 12.5. The highest BCUT2D eigenvalue weighted by Crippen LogP contribution is 2.33. The molecule has 1 amide bonds. The summed E-state index contributed by atoms with van der Waals surface area (Å²) in [6.45, 7) is 2.04. The first-order chi connectivity index (χ1) is 9.03. The number of rotatable bonds is 3. The number of nitrogens with two attached hydrogens (primary N) is 1. The highest BCUT2D eigenvalue weighted by molar-refractivity contribution is 7.99. The molecule has 0 radical (unpaired) electrons. The molecule has 0 heterocycles. The van der Waals surface area contributed by atoms with Crippen LogP contribution in [0.25, 0.3) is 0 Å². The van der Waals surface area contributed by atoms with Crippen molar-refractivity contribution in [3.63, 3.8) is 0 Å². The summed E-state index contributed by atoms with van der Waals surface area (Å²) < 4.78 is 0. The summed E-state index contributed by atoms with van der Waals surface area (Å²) in [5.41, 5.74) is 6.01. The van der Waals surface area contributed by atoms with E-state index in [1.54, 1.807) is 0 Å². The maximum Gasteiger partial charge on any atom is 0.225 e. The average molecular weight is 284 g/mol. The minimum absolute atomic E-state index is 0.0101. The molecule has 2 rings (SSSR count). The second-order valence-corrected chi connectivity index (χ2v) is 7.67. The first kappa shape index (κ1) is 15.2. The number of carbonyl (C=O) groups is 1. The average Bonchev–Trinajstić information content (AvgIpc) is 2.38. The van der Waals surface area contributed by atoms with Gasteiger partial charge in [-0.2, -0.15) is 11.8 Å². The molecule has 0 aromatic rings. The molecule has 0 aromatic heterocycles. The van der Waals surface area contributed by atoms with Crippen molar-refractivity contribution < 1.29 is 4.79 Å². The molecule has 19 heavy (non-hydrogen) atoms. The van der Waals surface area contributed by atoms with Crippen molar-refractivity contribution in [1.82, 2.24) is 5.32 Å². The summed E-state index contributed by atoms with van der Waals surface area (Å²) in [6, 6.07) is 0.372. The molecular weight excluding hydrogens is 256 g/mol. The van der Waals surface area contributed by atoms with Crippen LogP contribution in [0.3, 0.4) is 0 Å². The molecular formula is C15H28N2OS. The van der Waals surface area contributed by atoms with Gasteiger partial charge in [0, 0.05) is 16.8 Å². The van der Waals surface area contributed by atoms with Crippen molar-refractivity contribution >= 4 is 17.7 Å². The molecule has 3 nitrogen and oxygen atoms in total. The van der Waals surface area contributed by atoms with Crippen LogP contribution in [0.2, 0.25) is 0 Å². The summed E-state index contributed by atoms with van der Waals surface area (Å²) in [4.78, 5) is 12.5. The standard InChI is InChI=1S/C15H28N2OS/c1-15(16)9-4-3-8-13(15)14(18)17-11-6-5-7-12(10-11)19-2/h11-13H,3-10,16H2,1-2H3,(H,17,18). The number of carbonyl (C=O) groups excluding carboxylic acids is 1. The summed E-state index contributed by atoms with van der Waals surface area (Å²) in [7, 11) is 0. The number of thioether (sulfide) groups is 1. The van der Waals surface area contributed by atoms with Crippen molar-refractivity contribution in [1.29, 1.82) is 0 Å². The lowest BCUT2D eigenvalue weighted by Gasteiger charge is -2.38. The molecule has 0 saturated heterocycles. The third kappa shape index (κ3) is 3.88. The van der Waals surface area contributed by atoms with Gasteiger partial charge < -0.3 is 11.1 Å². The summed E-state index contributed by atoms with van der Waals surface area (Å²) >= 11 is 1.94. The zero-order chi connectivity index (χ0) is 13.9. The Morgan fingerprint density at radius 3 is 2.74 bits per heavy atom. The van der Waals surface area contributed by atoms with E-state index in [1.165, 1.54) is 12.8 Å². The van der Waals surface area contributed by atoms with Crippen LogP contribution < -0.4 is 11.1 Å². The summed E-state index contributed by atoms with van der Waals surface area (Å²) in [5.74, 6) is 0.215.